The minimum Gasteiger partial charge on any atom is -0.476 e. The van der Waals surface area contributed by atoms with E-state index in [1.165, 1.54) is 36.4 Å². The number of nitrogens with one attached hydrogen (secondary N) is 4. The SMILES string of the molecule is C#Cc1cc(NC(=O)c2ccc(-n3ccnc3)nn2)c(C(=O)CCCO)nc1Cl.CC#Cc1cc(NC(=O)c2ccc(-n3ccnc3)nn2)c(C(=O)O)nc1Cl.O=C(Nc1cc(Cl)c(Cl)nc1C(=O)O)c1ccc(-c2cn[nH]c2)nn1. The number of aromatic nitrogens is 15. The highest BCUT2D eigenvalue weighted by molar-refractivity contribution is 6.41. The van der Waals surface area contributed by atoms with Gasteiger partial charge in [0.2, 0.25) is 0 Å². The van der Waals surface area contributed by atoms with E-state index in [1.54, 1.807) is 84.1 Å². The lowest BCUT2D eigenvalue weighted by atomic mass is 10.1. The number of hydrogen-bond donors (Lipinski definition) is 7. The molecule has 3 amide bonds. The van der Waals surface area contributed by atoms with Crippen LogP contribution in [0.5, 0.6) is 0 Å². The third-order valence-electron chi connectivity index (χ3n) is 10.3. The standard InChI is InChI=1S/C19H15ClN6O3.C17H11ClN6O3.C14H8Cl2N6O3/c1-2-12-10-14(17(23-18(12)20)15(28)4-3-9-27)22-19(29)13-5-6-16(25-24-13)26-8-7-21-11-26;1-2-3-10-8-12(14(17(26)27)21-15(10)18)20-16(25)11-4-5-13(23-22-11)24-7-6-19-9-24;15-7-3-10(11(14(24)25)20-12(7)16)19-13(23)9-2-1-8(21-22-9)6-4-17-18-5-6/h1,5-8,10-11,27H,3-4,9H2,(H,22,29);4-9H,1H3,(H,20,25)(H,26,27);1-5H,(H,17,18)(H,19,23)(H,24,25). The molecule has 9 aromatic heterocycles. The van der Waals surface area contributed by atoms with E-state index in [0.29, 0.717) is 28.5 Å². The van der Waals surface area contributed by atoms with Crippen LogP contribution in [0.1, 0.15) is 93.8 Å². The van der Waals surface area contributed by atoms with E-state index in [-0.39, 0.29) is 91.1 Å². The van der Waals surface area contributed by atoms with Crippen LogP contribution < -0.4 is 16.0 Å². The molecule has 31 heteroatoms. The predicted molar refractivity (Wildman–Crippen MR) is 290 cm³/mol. The van der Waals surface area contributed by atoms with Gasteiger partial charge in [-0.1, -0.05) is 58.2 Å². The fourth-order valence-corrected chi connectivity index (χ4v) is 7.14. The number of carbonyl (C=O) groups is 6. The molecule has 0 unspecified atom stereocenters. The van der Waals surface area contributed by atoms with Gasteiger partial charge in [0.1, 0.15) is 33.8 Å². The second kappa shape index (κ2) is 27.3. The minimum absolute atomic E-state index is 0.00311. The Hall–Kier alpha value is -10.4. The number of carboxylic acid groups (broad SMARTS) is 2. The Morgan fingerprint density at radius 1 is 0.642 bits per heavy atom. The van der Waals surface area contributed by atoms with Crippen LogP contribution in [0.4, 0.5) is 17.1 Å². The maximum Gasteiger partial charge on any atom is 0.356 e. The summed E-state index contributed by atoms with van der Waals surface area (Å²) in [6.07, 6.45) is 18.5. The number of hydrogen-bond acceptors (Lipinski definition) is 19. The Balaban J connectivity index is 0.000000176. The summed E-state index contributed by atoms with van der Waals surface area (Å²) in [5.74, 6) is 3.63. The lowest BCUT2D eigenvalue weighted by Crippen LogP contribution is -2.18. The molecule has 9 aromatic rings. The number of imidazole rings is 2. The number of pyridine rings is 3. The van der Waals surface area contributed by atoms with Crippen molar-refractivity contribution in [1.82, 2.24) is 74.8 Å². The lowest BCUT2D eigenvalue weighted by molar-refractivity contribution is 0.0680. The predicted octanol–water partition coefficient (Wildman–Crippen LogP) is 6.45. The first-order valence-electron chi connectivity index (χ1n) is 22.7. The zero-order valence-electron chi connectivity index (χ0n) is 41.1. The van der Waals surface area contributed by atoms with Gasteiger partial charge in [-0.05, 0) is 67.9 Å². The number of halogens is 4. The smallest absolute Gasteiger partial charge is 0.356 e. The van der Waals surface area contributed by atoms with Gasteiger partial charge in [0.25, 0.3) is 17.7 Å². The van der Waals surface area contributed by atoms with Crippen LogP contribution in [0.25, 0.3) is 22.9 Å². The largest absolute Gasteiger partial charge is 0.476 e. The molecular formula is C50H34Cl4N18O9. The summed E-state index contributed by atoms with van der Waals surface area (Å²) in [5.41, 5.74) is 0.820. The molecule has 9 heterocycles. The molecule has 9 rings (SSSR count). The fraction of sp³-hybridized carbons (Fsp3) is 0.0800. The molecule has 0 aromatic carbocycles. The van der Waals surface area contributed by atoms with Gasteiger partial charge in [-0.3, -0.25) is 33.4 Å². The topological polar surface area (TPSA) is 380 Å². The number of carbonyl (C=O) groups excluding carboxylic acids is 4. The van der Waals surface area contributed by atoms with Gasteiger partial charge in [0, 0.05) is 49.6 Å². The minimum atomic E-state index is -1.37. The number of anilines is 3. The van der Waals surface area contributed by atoms with Gasteiger partial charge in [0.05, 0.1) is 45.1 Å². The van der Waals surface area contributed by atoms with E-state index in [1.807, 2.05) is 0 Å². The van der Waals surface area contributed by atoms with E-state index in [0.717, 1.165) is 0 Å². The molecule has 0 saturated carbocycles. The maximum atomic E-state index is 12.6. The molecule has 7 N–H and O–H groups in total. The molecule has 0 bridgehead atoms. The Bertz CT molecular complexity index is 3890. The molecular weight excluding hydrogens is 1140 g/mol. The van der Waals surface area contributed by atoms with Gasteiger partial charge in [-0.2, -0.15) is 5.10 Å². The van der Waals surface area contributed by atoms with Gasteiger partial charge in [-0.25, -0.2) is 34.5 Å². The first-order valence-corrected chi connectivity index (χ1v) is 24.2. The third kappa shape index (κ3) is 15.0. The van der Waals surface area contributed by atoms with Crippen LogP contribution >= 0.6 is 46.4 Å². The summed E-state index contributed by atoms with van der Waals surface area (Å²) >= 11 is 23.4. The molecule has 0 aliphatic carbocycles. The summed E-state index contributed by atoms with van der Waals surface area (Å²) in [4.78, 5) is 91.5. The summed E-state index contributed by atoms with van der Waals surface area (Å²) in [6.45, 7) is 1.44. The number of ketones is 1. The lowest BCUT2D eigenvalue weighted by Gasteiger charge is -2.11. The van der Waals surface area contributed by atoms with Crippen molar-refractivity contribution in [2.75, 3.05) is 22.6 Å². The number of carboxylic acids is 2. The zero-order chi connectivity index (χ0) is 58.2. The van der Waals surface area contributed by atoms with Gasteiger partial charge in [-0.15, -0.1) is 42.9 Å². The number of H-pyrrole nitrogens is 1. The van der Waals surface area contributed by atoms with Crippen LogP contribution in [-0.2, 0) is 0 Å². The Kier molecular flexibility index (Phi) is 19.6. The van der Waals surface area contributed by atoms with E-state index in [4.69, 9.17) is 63.0 Å². The first-order chi connectivity index (χ1) is 39.0. The van der Waals surface area contributed by atoms with Gasteiger partial charge >= 0.3 is 11.9 Å². The van der Waals surface area contributed by atoms with Crippen LogP contribution in [-0.4, -0.2) is 132 Å². The molecule has 0 atom stereocenters. The monoisotopic (exact) mass is 1170 g/mol. The zero-order valence-corrected chi connectivity index (χ0v) is 44.1. The normalized spacial score (nSPS) is 10.3. The molecule has 0 saturated heterocycles. The number of nitrogens with zero attached hydrogens (tertiary/aromatic N) is 14. The number of aromatic carboxylic acids is 2. The number of rotatable bonds is 15. The molecule has 0 fully saturated rings. The van der Waals surface area contributed by atoms with Crippen LogP contribution in [0, 0.1) is 24.2 Å². The second-order valence-electron chi connectivity index (χ2n) is 15.6. The van der Waals surface area contributed by atoms with Crippen molar-refractivity contribution in [2.24, 2.45) is 0 Å². The number of aliphatic hydroxyl groups excluding tert-OH is 1. The third-order valence-corrected chi connectivity index (χ3v) is 11.5. The quantitative estimate of drug-likeness (QED) is 0.0329. The molecule has 0 radical (unpaired) electrons. The Labute approximate surface area is 475 Å². The van der Waals surface area contributed by atoms with Crippen molar-refractivity contribution >= 4 is 98.9 Å². The molecule has 0 spiro atoms. The summed E-state index contributed by atoms with van der Waals surface area (Å²) < 4.78 is 3.25. The van der Waals surface area contributed by atoms with E-state index >= 15 is 0 Å². The van der Waals surface area contributed by atoms with Crippen molar-refractivity contribution in [3.63, 3.8) is 0 Å². The highest BCUT2D eigenvalue weighted by Gasteiger charge is 2.23. The summed E-state index contributed by atoms with van der Waals surface area (Å²) in [6, 6.07) is 13.1. The maximum absolute atomic E-state index is 12.6. The second-order valence-corrected chi connectivity index (χ2v) is 17.1. The van der Waals surface area contributed by atoms with Crippen LogP contribution in [0.15, 0.2) is 104 Å². The molecule has 0 aliphatic heterocycles. The molecule has 406 valence electrons. The number of amides is 3. The Morgan fingerprint density at radius 2 is 1.14 bits per heavy atom. The van der Waals surface area contributed by atoms with Crippen molar-refractivity contribution in [3.05, 3.63) is 170 Å². The number of aromatic amines is 1. The van der Waals surface area contributed by atoms with Crippen LogP contribution in [0.3, 0.4) is 0 Å². The van der Waals surface area contributed by atoms with E-state index in [2.05, 4.69) is 99.4 Å². The van der Waals surface area contributed by atoms with Gasteiger partial charge < -0.3 is 31.3 Å². The van der Waals surface area contributed by atoms with Crippen molar-refractivity contribution < 1.29 is 44.1 Å². The van der Waals surface area contributed by atoms with E-state index in [9.17, 15) is 33.9 Å². The first kappa shape index (κ1) is 58.3. The van der Waals surface area contributed by atoms with Crippen LogP contribution in [0.2, 0.25) is 20.5 Å². The summed E-state index contributed by atoms with van der Waals surface area (Å²) in [5, 5.41) is 64.4. The molecule has 81 heavy (non-hydrogen) atoms. The number of Topliss-reactive ketones (excluding diaryl/α,β-unsaturated/α-hetero) is 1. The van der Waals surface area contributed by atoms with Gasteiger partial charge in [0.15, 0.2) is 45.9 Å². The highest BCUT2D eigenvalue weighted by atomic mass is 35.5. The Morgan fingerprint density at radius 3 is 1.58 bits per heavy atom. The van der Waals surface area contributed by atoms with Crippen molar-refractivity contribution in [3.8, 4) is 47.1 Å². The highest BCUT2D eigenvalue weighted by Crippen LogP contribution is 2.28. The number of aliphatic hydroxyl groups is 1. The van der Waals surface area contributed by atoms with Crippen molar-refractivity contribution in [2.45, 2.75) is 19.8 Å². The number of terminal acetylenes is 1. The summed E-state index contributed by atoms with van der Waals surface area (Å²) in [7, 11) is 0. The average Bonchev–Trinajstić information content (AvgIpc) is 4.33. The molecule has 27 nitrogen and oxygen atoms in total. The van der Waals surface area contributed by atoms with E-state index < -0.39 is 41.0 Å². The molecule has 0 aliphatic rings. The fourth-order valence-electron chi connectivity index (χ4n) is 6.47. The van der Waals surface area contributed by atoms with Crippen molar-refractivity contribution in [1.29, 1.82) is 0 Å². The average molecular weight is 1170 g/mol.